The highest BCUT2D eigenvalue weighted by molar-refractivity contribution is 5.87. The molecular formula is C14H21N3O3. The van der Waals surface area contributed by atoms with Crippen LogP contribution >= 0.6 is 0 Å². The Balaban J connectivity index is 2.41. The molecule has 0 saturated heterocycles. The van der Waals surface area contributed by atoms with Gasteiger partial charge in [-0.25, -0.2) is 9.59 Å². The molecule has 1 aromatic rings. The second-order valence-electron chi connectivity index (χ2n) is 4.88. The summed E-state index contributed by atoms with van der Waals surface area (Å²) in [4.78, 5) is 24.4. The van der Waals surface area contributed by atoms with Crippen LogP contribution in [0.3, 0.4) is 0 Å². The third kappa shape index (κ3) is 5.27. The van der Waals surface area contributed by atoms with Crippen molar-refractivity contribution in [3.8, 4) is 0 Å². The average molecular weight is 279 g/mol. The van der Waals surface area contributed by atoms with Crippen LogP contribution < -0.4 is 10.6 Å². The Morgan fingerprint density at radius 1 is 1.30 bits per heavy atom. The van der Waals surface area contributed by atoms with Crippen LogP contribution in [0.25, 0.3) is 0 Å². The fourth-order valence-electron chi connectivity index (χ4n) is 1.48. The van der Waals surface area contributed by atoms with Crippen molar-refractivity contribution in [1.82, 2.24) is 15.5 Å². The first kappa shape index (κ1) is 16.0. The van der Waals surface area contributed by atoms with E-state index in [1.807, 2.05) is 25.9 Å². The average Bonchev–Trinajstić information content (AvgIpc) is 2.42. The van der Waals surface area contributed by atoms with Crippen LogP contribution in [0.15, 0.2) is 24.3 Å². The third-order valence-electron chi connectivity index (χ3n) is 3.07. The van der Waals surface area contributed by atoms with Gasteiger partial charge in [0.1, 0.15) is 0 Å². The zero-order chi connectivity index (χ0) is 15.1. The van der Waals surface area contributed by atoms with Gasteiger partial charge in [-0.3, -0.25) is 0 Å². The van der Waals surface area contributed by atoms with Crippen molar-refractivity contribution in [2.24, 2.45) is 0 Å². The first-order chi connectivity index (χ1) is 9.40. The molecule has 110 valence electrons. The van der Waals surface area contributed by atoms with E-state index in [9.17, 15) is 9.59 Å². The van der Waals surface area contributed by atoms with Gasteiger partial charge in [-0.05, 0) is 38.7 Å². The summed E-state index contributed by atoms with van der Waals surface area (Å²) in [5.74, 6) is -0.976. The smallest absolute Gasteiger partial charge is 0.335 e. The van der Waals surface area contributed by atoms with E-state index < -0.39 is 5.97 Å². The molecule has 2 amide bonds. The lowest BCUT2D eigenvalue weighted by Gasteiger charge is -2.20. The van der Waals surface area contributed by atoms with Gasteiger partial charge in [0, 0.05) is 19.1 Å². The predicted molar refractivity (Wildman–Crippen MR) is 76.8 cm³/mol. The molecular weight excluding hydrogens is 258 g/mol. The molecule has 0 aliphatic carbocycles. The minimum atomic E-state index is -0.976. The lowest BCUT2D eigenvalue weighted by atomic mass is 10.1. The van der Waals surface area contributed by atoms with Gasteiger partial charge >= 0.3 is 12.0 Å². The maximum Gasteiger partial charge on any atom is 0.335 e. The Labute approximate surface area is 118 Å². The van der Waals surface area contributed by atoms with Gasteiger partial charge in [-0.15, -0.1) is 0 Å². The summed E-state index contributed by atoms with van der Waals surface area (Å²) in [7, 11) is 3.89. The highest BCUT2D eigenvalue weighted by Gasteiger charge is 2.07. The molecule has 0 fully saturated rings. The number of rotatable bonds is 6. The molecule has 1 unspecified atom stereocenters. The first-order valence-corrected chi connectivity index (χ1v) is 6.40. The van der Waals surface area contributed by atoms with Crippen LogP contribution in [-0.4, -0.2) is 48.7 Å². The number of amides is 2. The van der Waals surface area contributed by atoms with E-state index in [0.717, 1.165) is 5.56 Å². The first-order valence-electron chi connectivity index (χ1n) is 6.40. The van der Waals surface area contributed by atoms with Gasteiger partial charge in [0.25, 0.3) is 0 Å². The van der Waals surface area contributed by atoms with Crippen molar-refractivity contribution in [3.05, 3.63) is 35.4 Å². The summed E-state index contributed by atoms with van der Waals surface area (Å²) in [6.45, 7) is 2.86. The number of urea groups is 1. The van der Waals surface area contributed by atoms with Gasteiger partial charge < -0.3 is 20.6 Å². The molecule has 6 heteroatoms. The Bertz CT molecular complexity index is 474. The largest absolute Gasteiger partial charge is 0.478 e. The molecule has 20 heavy (non-hydrogen) atoms. The van der Waals surface area contributed by atoms with Crippen LogP contribution in [0, 0.1) is 0 Å². The van der Waals surface area contributed by atoms with E-state index in [0.29, 0.717) is 13.1 Å². The van der Waals surface area contributed by atoms with Crippen molar-refractivity contribution in [2.75, 3.05) is 20.6 Å². The highest BCUT2D eigenvalue weighted by Crippen LogP contribution is 2.04. The number of carboxylic acids is 1. The van der Waals surface area contributed by atoms with Gasteiger partial charge in [0.2, 0.25) is 0 Å². The minimum absolute atomic E-state index is 0.214. The number of carbonyl (C=O) groups excluding carboxylic acids is 1. The van der Waals surface area contributed by atoms with E-state index in [-0.39, 0.29) is 17.6 Å². The molecule has 0 spiro atoms. The molecule has 0 radical (unpaired) electrons. The van der Waals surface area contributed by atoms with E-state index >= 15 is 0 Å². The lowest BCUT2D eigenvalue weighted by Crippen LogP contribution is -2.42. The number of benzene rings is 1. The summed E-state index contributed by atoms with van der Waals surface area (Å²) >= 11 is 0. The van der Waals surface area contributed by atoms with Gasteiger partial charge in [0.05, 0.1) is 5.56 Å². The molecule has 0 heterocycles. The Morgan fingerprint density at radius 3 is 2.60 bits per heavy atom. The standard InChI is InChI=1S/C14H21N3O3/c1-10(17(2)3)8-15-14(20)16-9-11-5-4-6-12(7-11)13(18)19/h4-7,10H,8-9H2,1-3H3,(H,18,19)(H2,15,16,20). The number of hydrogen-bond acceptors (Lipinski definition) is 3. The van der Waals surface area contributed by atoms with Crippen molar-refractivity contribution < 1.29 is 14.7 Å². The number of aromatic carboxylic acids is 1. The number of nitrogens with one attached hydrogen (secondary N) is 2. The second kappa shape index (κ2) is 7.49. The predicted octanol–water partition coefficient (Wildman–Crippen LogP) is 1.13. The summed E-state index contributed by atoms with van der Waals surface area (Å²) in [6, 6.07) is 6.48. The van der Waals surface area contributed by atoms with Crippen LogP contribution in [0.2, 0.25) is 0 Å². The Morgan fingerprint density at radius 2 is 2.00 bits per heavy atom. The van der Waals surface area contributed by atoms with Crippen LogP contribution in [0.5, 0.6) is 0 Å². The maximum absolute atomic E-state index is 11.6. The van der Waals surface area contributed by atoms with Gasteiger partial charge in [-0.1, -0.05) is 12.1 Å². The molecule has 1 aromatic carbocycles. The SMILES string of the molecule is CC(CNC(=O)NCc1cccc(C(=O)O)c1)N(C)C. The fourth-order valence-corrected chi connectivity index (χ4v) is 1.48. The summed E-state index contributed by atoms with van der Waals surface area (Å²) in [6.07, 6.45) is 0. The van der Waals surface area contributed by atoms with Crippen molar-refractivity contribution in [3.63, 3.8) is 0 Å². The van der Waals surface area contributed by atoms with E-state index in [2.05, 4.69) is 10.6 Å². The molecule has 3 N–H and O–H groups in total. The van der Waals surface area contributed by atoms with Crippen LogP contribution in [0.4, 0.5) is 4.79 Å². The normalized spacial score (nSPS) is 12.0. The molecule has 1 rings (SSSR count). The van der Waals surface area contributed by atoms with Crippen molar-refractivity contribution in [1.29, 1.82) is 0 Å². The molecule has 0 aliphatic heterocycles. The molecule has 0 aliphatic rings. The quantitative estimate of drug-likeness (QED) is 0.729. The van der Waals surface area contributed by atoms with Crippen LogP contribution in [0.1, 0.15) is 22.8 Å². The lowest BCUT2D eigenvalue weighted by molar-refractivity contribution is 0.0696. The number of hydrogen-bond donors (Lipinski definition) is 3. The zero-order valence-corrected chi connectivity index (χ0v) is 12.0. The summed E-state index contributed by atoms with van der Waals surface area (Å²) in [5.41, 5.74) is 0.964. The molecule has 6 nitrogen and oxygen atoms in total. The van der Waals surface area contributed by atoms with E-state index in [1.54, 1.807) is 18.2 Å². The zero-order valence-electron chi connectivity index (χ0n) is 12.0. The van der Waals surface area contributed by atoms with Crippen molar-refractivity contribution in [2.45, 2.75) is 19.5 Å². The van der Waals surface area contributed by atoms with Crippen molar-refractivity contribution >= 4 is 12.0 Å². The third-order valence-corrected chi connectivity index (χ3v) is 3.07. The van der Waals surface area contributed by atoms with Gasteiger partial charge in [0.15, 0.2) is 0 Å². The second-order valence-corrected chi connectivity index (χ2v) is 4.88. The maximum atomic E-state index is 11.6. The number of likely N-dealkylation sites (N-methyl/N-ethyl adjacent to an activating group) is 1. The summed E-state index contributed by atoms with van der Waals surface area (Å²) < 4.78 is 0. The summed E-state index contributed by atoms with van der Waals surface area (Å²) in [5, 5.41) is 14.3. The highest BCUT2D eigenvalue weighted by atomic mass is 16.4. The Hall–Kier alpha value is -2.08. The molecule has 0 bridgehead atoms. The number of nitrogens with zero attached hydrogens (tertiary/aromatic N) is 1. The van der Waals surface area contributed by atoms with E-state index in [4.69, 9.17) is 5.11 Å². The van der Waals surface area contributed by atoms with Crippen LogP contribution in [-0.2, 0) is 6.54 Å². The monoisotopic (exact) mass is 279 g/mol. The Kier molecular flexibility index (Phi) is 5.99. The van der Waals surface area contributed by atoms with E-state index in [1.165, 1.54) is 6.07 Å². The molecule has 1 atom stereocenters. The molecule has 0 aromatic heterocycles. The van der Waals surface area contributed by atoms with Gasteiger partial charge in [-0.2, -0.15) is 0 Å². The fraction of sp³-hybridized carbons (Fsp3) is 0.429. The molecule has 0 saturated carbocycles. The minimum Gasteiger partial charge on any atom is -0.478 e. The topological polar surface area (TPSA) is 81.7 Å². The number of carbonyl (C=O) groups is 2. The number of carboxylic acid groups (broad SMARTS) is 1.